The molecule has 2 nitrogen and oxygen atoms in total. The van der Waals surface area contributed by atoms with E-state index in [1.54, 1.807) is 11.1 Å². The number of aliphatic hydroxyl groups is 1. The van der Waals surface area contributed by atoms with Crippen molar-refractivity contribution < 1.29 is 9.90 Å². The summed E-state index contributed by atoms with van der Waals surface area (Å²) in [4.78, 5) is 12.5. The van der Waals surface area contributed by atoms with Crippen LogP contribution in [0.4, 0.5) is 0 Å². The largest absolute Gasteiger partial charge is 0.393 e. The van der Waals surface area contributed by atoms with E-state index in [2.05, 4.69) is 54.5 Å². The summed E-state index contributed by atoms with van der Waals surface area (Å²) in [6, 6.07) is 0. The quantitative estimate of drug-likeness (QED) is 0.480. The summed E-state index contributed by atoms with van der Waals surface area (Å²) >= 11 is 0. The predicted molar refractivity (Wildman–Crippen MR) is 129 cm³/mol. The fourth-order valence-corrected chi connectivity index (χ4v) is 8.84. The summed E-state index contributed by atoms with van der Waals surface area (Å²) in [6.45, 7) is 16.4. The molecule has 2 heteroatoms. The minimum atomic E-state index is -0.243. The van der Waals surface area contributed by atoms with Gasteiger partial charge in [-0.3, -0.25) is 4.79 Å². The van der Waals surface area contributed by atoms with E-state index in [1.807, 2.05) is 0 Å². The van der Waals surface area contributed by atoms with E-state index in [9.17, 15) is 9.90 Å². The molecule has 8 atom stereocenters. The second-order valence-electron chi connectivity index (χ2n) is 12.6. The van der Waals surface area contributed by atoms with Crippen molar-refractivity contribution in [3.63, 3.8) is 0 Å². The zero-order valence-electron chi connectivity index (χ0n) is 21.2. The number of hydrogen-bond donors (Lipinski definition) is 1. The van der Waals surface area contributed by atoms with Crippen molar-refractivity contribution in [1.82, 2.24) is 0 Å². The Hall–Kier alpha value is -0.890. The first kappa shape index (κ1) is 23.3. The molecule has 0 amide bonds. The number of Topliss-reactive ketones (excluding diaryl/α,β-unsaturated/α-hetero) is 1. The summed E-state index contributed by atoms with van der Waals surface area (Å²) < 4.78 is 0. The Balaban J connectivity index is 1.65. The lowest BCUT2D eigenvalue weighted by Crippen LogP contribution is -2.51. The molecular formula is C29H46O2. The Morgan fingerprint density at radius 1 is 1.06 bits per heavy atom. The fourth-order valence-electron chi connectivity index (χ4n) is 8.84. The lowest BCUT2D eigenvalue weighted by atomic mass is 9.45. The van der Waals surface area contributed by atoms with Crippen molar-refractivity contribution in [2.45, 2.75) is 112 Å². The third-order valence-electron chi connectivity index (χ3n) is 11.2. The van der Waals surface area contributed by atoms with Gasteiger partial charge in [0.1, 0.15) is 5.78 Å². The summed E-state index contributed by atoms with van der Waals surface area (Å²) in [5.41, 5.74) is 5.59. The Morgan fingerprint density at radius 3 is 2.45 bits per heavy atom. The number of rotatable bonds is 4. The summed E-state index contributed by atoms with van der Waals surface area (Å²) in [6.07, 6.45) is 11.9. The maximum atomic E-state index is 12.5. The molecule has 0 unspecified atom stereocenters. The highest BCUT2D eigenvalue weighted by atomic mass is 16.3. The van der Waals surface area contributed by atoms with Crippen LogP contribution in [0.2, 0.25) is 0 Å². The highest BCUT2D eigenvalue weighted by molar-refractivity contribution is 5.82. The van der Waals surface area contributed by atoms with Crippen LogP contribution < -0.4 is 0 Å². The number of carbonyl (C=O) groups is 1. The number of allylic oxidation sites excluding steroid dienone is 3. The Kier molecular flexibility index (Phi) is 5.90. The molecular weight excluding hydrogens is 380 g/mol. The van der Waals surface area contributed by atoms with Crippen LogP contribution >= 0.6 is 0 Å². The van der Waals surface area contributed by atoms with Gasteiger partial charge in [-0.2, -0.15) is 0 Å². The lowest BCUT2D eigenvalue weighted by molar-refractivity contribution is -0.130. The minimum Gasteiger partial charge on any atom is -0.393 e. The van der Waals surface area contributed by atoms with E-state index in [-0.39, 0.29) is 28.3 Å². The monoisotopic (exact) mass is 426 g/mol. The van der Waals surface area contributed by atoms with E-state index >= 15 is 0 Å². The molecule has 4 aliphatic rings. The molecule has 0 saturated heterocycles. The Bertz CT molecular complexity index is 802. The van der Waals surface area contributed by atoms with Crippen LogP contribution in [0.1, 0.15) is 106 Å². The molecule has 2 fully saturated rings. The first-order chi connectivity index (χ1) is 14.5. The molecule has 4 rings (SSSR count). The van der Waals surface area contributed by atoms with Gasteiger partial charge in [0.05, 0.1) is 6.10 Å². The van der Waals surface area contributed by atoms with Gasteiger partial charge in [0.25, 0.3) is 0 Å². The number of ketones is 1. The summed E-state index contributed by atoms with van der Waals surface area (Å²) in [7, 11) is 0. The van der Waals surface area contributed by atoms with E-state index in [0.29, 0.717) is 23.5 Å². The molecule has 1 N–H and O–H groups in total. The van der Waals surface area contributed by atoms with Gasteiger partial charge in [0, 0.05) is 12.3 Å². The number of hydrogen-bond acceptors (Lipinski definition) is 2. The average molecular weight is 427 g/mol. The molecule has 4 aliphatic carbocycles. The normalized spacial score (nSPS) is 44.3. The number of aliphatic hydroxyl groups excluding tert-OH is 1. The van der Waals surface area contributed by atoms with Crippen LogP contribution in [-0.2, 0) is 4.79 Å². The maximum absolute atomic E-state index is 12.5. The maximum Gasteiger partial charge on any atom is 0.136 e. The van der Waals surface area contributed by atoms with Gasteiger partial charge in [0.15, 0.2) is 0 Å². The number of fused-ring (bicyclic) bond motifs is 4. The van der Waals surface area contributed by atoms with Crippen molar-refractivity contribution >= 4 is 5.78 Å². The second kappa shape index (κ2) is 7.86. The summed E-state index contributed by atoms with van der Waals surface area (Å²) in [5, 5.41) is 11.0. The Morgan fingerprint density at radius 2 is 1.77 bits per heavy atom. The third kappa shape index (κ3) is 3.33. The van der Waals surface area contributed by atoms with Crippen molar-refractivity contribution in [3.05, 3.63) is 22.8 Å². The molecule has 0 spiro atoms. The van der Waals surface area contributed by atoms with Crippen LogP contribution in [0.15, 0.2) is 22.8 Å². The summed E-state index contributed by atoms with van der Waals surface area (Å²) in [5.74, 6) is 2.20. The second-order valence-corrected chi connectivity index (χ2v) is 12.6. The first-order valence-electron chi connectivity index (χ1n) is 13.0. The van der Waals surface area contributed by atoms with Crippen molar-refractivity contribution in [1.29, 1.82) is 0 Å². The van der Waals surface area contributed by atoms with Crippen LogP contribution in [0.25, 0.3) is 0 Å². The lowest BCUT2D eigenvalue weighted by Gasteiger charge is -2.59. The van der Waals surface area contributed by atoms with Gasteiger partial charge in [0.2, 0.25) is 0 Å². The van der Waals surface area contributed by atoms with E-state index < -0.39 is 0 Å². The third-order valence-corrected chi connectivity index (χ3v) is 11.2. The molecule has 0 aromatic carbocycles. The van der Waals surface area contributed by atoms with Crippen LogP contribution in [0.5, 0.6) is 0 Å². The van der Waals surface area contributed by atoms with Gasteiger partial charge >= 0.3 is 0 Å². The van der Waals surface area contributed by atoms with Crippen LogP contribution in [0.3, 0.4) is 0 Å². The molecule has 174 valence electrons. The molecule has 2 saturated carbocycles. The highest BCUT2D eigenvalue weighted by Crippen LogP contribution is 2.71. The zero-order valence-corrected chi connectivity index (χ0v) is 21.2. The fraction of sp³-hybridized carbons (Fsp3) is 0.828. The average Bonchev–Trinajstić information content (AvgIpc) is 3.00. The minimum absolute atomic E-state index is 0.232. The van der Waals surface area contributed by atoms with Gasteiger partial charge in [-0.15, -0.1) is 0 Å². The molecule has 0 heterocycles. The van der Waals surface area contributed by atoms with Gasteiger partial charge in [-0.05, 0) is 99.2 Å². The van der Waals surface area contributed by atoms with Gasteiger partial charge in [-0.1, -0.05) is 57.4 Å². The standard InChI is InChI=1S/C29H46O2/c1-18(2)8-11-25(30)20(4)22-12-16-29(7)24-10-9-21-19(3)26(31)14-15-27(21,5)23(24)13-17-28(22,29)6/h8,19-22,25,30H,9-17H2,1-7H3/t19-,20+,21+,22+,25+,27-,28-,29-/m0/s1. The first-order valence-corrected chi connectivity index (χ1v) is 13.0. The molecule has 0 aliphatic heterocycles. The topological polar surface area (TPSA) is 37.3 Å². The van der Waals surface area contributed by atoms with E-state index in [4.69, 9.17) is 0 Å². The smallest absolute Gasteiger partial charge is 0.136 e. The van der Waals surface area contributed by atoms with Gasteiger partial charge < -0.3 is 5.11 Å². The predicted octanol–water partition coefficient (Wildman–Crippen LogP) is 7.27. The molecule has 0 radical (unpaired) electrons. The van der Waals surface area contributed by atoms with Crippen LogP contribution in [-0.4, -0.2) is 17.0 Å². The van der Waals surface area contributed by atoms with Crippen molar-refractivity contribution in [2.24, 2.45) is 39.9 Å². The molecule has 0 aromatic heterocycles. The van der Waals surface area contributed by atoms with Crippen molar-refractivity contribution in [2.75, 3.05) is 0 Å². The molecule has 0 bridgehead atoms. The molecule has 0 aromatic rings. The van der Waals surface area contributed by atoms with Crippen molar-refractivity contribution in [3.8, 4) is 0 Å². The highest BCUT2D eigenvalue weighted by Gasteiger charge is 2.62. The SMILES string of the molecule is CC(C)=CC[C@@H](O)[C@H](C)[C@H]1CC[C@@]2(C)C3=C(CC[C@@]12C)[C@@]1(C)CCC(=O)[C@@H](C)[C@H]1CC3. The Labute approximate surface area is 191 Å². The van der Waals surface area contributed by atoms with E-state index in [1.165, 1.54) is 44.1 Å². The zero-order chi connectivity index (χ0) is 22.8. The van der Waals surface area contributed by atoms with Gasteiger partial charge in [-0.25, -0.2) is 0 Å². The van der Waals surface area contributed by atoms with Crippen LogP contribution in [0, 0.1) is 39.9 Å². The van der Waals surface area contributed by atoms with E-state index in [0.717, 1.165) is 19.3 Å². The molecule has 31 heavy (non-hydrogen) atoms. The number of carbonyl (C=O) groups excluding carboxylic acids is 1.